The number of carbonyl (C=O) groups excluding carboxylic acids is 1. The minimum Gasteiger partial charge on any atom is -0.462 e. The standard InChI is InChI=1S/C11H11BrO2/c12-8-4-5-9-14-11(13)10-6-2-1-3-7-10/h1-4,6-8H,5,9H2/b8-4+. The fourth-order valence-electron chi connectivity index (χ4n) is 0.940. The molecule has 14 heavy (non-hydrogen) atoms. The number of hydrogen-bond acceptors (Lipinski definition) is 2. The van der Waals surface area contributed by atoms with Gasteiger partial charge in [-0.05, 0) is 17.1 Å². The smallest absolute Gasteiger partial charge is 0.338 e. The molecule has 0 aliphatic carbocycles. The van der Waals surface area contributed by atoms with Crippen molar-refractivity contribution in [1.29, 1.82) is 0 Å². The Balaban J connectivity index is 2.36. The van der Waals surface area contributed by atoms with Crippen LogP contribution < -0.4 is 0 Å². The number of benzene rings is 1. The van der Waals surface area contributed by atoms with Gasteiger partial charge in [0.05, 0.1) is 12.2 Å². The number of carbonyl (C=O) groups is 1. The molecule has 0 saturated heterocycles. The average Bonchev–Trinajstić information content (AvgIpc) is 2.25. The number of esters is 1. The Kier molecular flexibility index (Phi) is 5.00. The Morgan fingerprint density at radius 1 is 1.36 bits per heavy atom. The zero-order valence-corrected chi connectivity index (χ0v) is 9.24. The lowest BCUT2D eigenvalue weighted by Crippen LogP contribution is -2.05. The van der Waals surface area contributed by atoms with E-state index in [1.54, 1.807) is 17.1 Å². The molecule has 0 fully saturated rings. The summed E-state index contributed by atoms with van der Waals surface area (Å²) in [5.74, 6) is -0.270. The van der Waals surface area contributed by atoms with Gasteiger partial charge in [-0.1, -0.05) is 40.2 Å². The van der Waals surface area contributed by atoms with E-state index in [0.29, 0.717) is 12.2 Å². The summed E-state index contributed by atoms with van der Waals surface area (Å²) < 4.78 is 5.02. The molecule has 74 valence electrons. The number of rotatable bonds is 4. The third kappa shape index (κ3) is 3.75. The van der Waals surface area contributed by atoms with E-state index in [1.165, 1.54) is 0 Å². The first-order chi connectivity index (χ1) is 6.84. The molecule has 0 aliphatic heterocycles. The SMILES string of the molecule is O=C(OCC/C=C/Br)c1ccccc1. The van der Waals surface area contributed by atoms with Gasteiger partial charge in [-0.2, -0.15) is 0 Å². The normalized spacial score (nSPS) is 10.4. The van der Waals surface area contributed by atoms with Crippen LogP contribution in [0.5, 0.6) is 0 Å². The van der Waals surface area contributed by atoms with Gasteiger partial charge in [0.15, 0.2) is 0 Å². The molecule has 2 nitrogen and oxygen atoms in total. The van der Waals surface area contributed by atoms with E-state index in [9.17, 15) is 4.79 Å². The Bertz CT molecular complexity index is 306. The van der Waals surface area contributed by atoms with Crippen molar-refractivity contribution >= 4 is 21.9 Å². The van der Waals surface area contributed by atoms with Crippen LogP contribution in [-0.4, -0.2) is 12.6 Å². The Labute approximate surface area is 91.7 Å². The zero-order chi connectivity index (χ0) is 10.2. The van der Waals surface area contributed by atoms with Gasteiger partial charge in [-0.15, -0.1) is 0 Å². The number of ether oxygens (including phenoxy) is 1. The highest BCUT2D eigenvalue weighted by Crippen LogP contribution is 2.01. The number of halogens is 1. The maximum absolute atomic E-state index is 11.3. The Hall–Kier alpha value is -1.09. The molecular weight excluding hydrogens is 244 g/mol. The molecule has 0 bridgehead atoms. The molecule has 0 aromatic heterocycles. The summed E-state index contributed by atoms with van der Waals surface area (Å²) >= 11 is 3.14. The van der Waals surface area contributed by atoms with Gasteiger partial charge < -0.3 is 4.74 Å². The summed E-state index contributed by atoms with van der Waals surface area (Å²) in [7, 11) is 0. The van der Waals surface area contributed by atoms with Gasteiger partial charge in [0, 0.05) is 6.42 Å². The second-order valence-electron chi connectivity index (χ2n) is 2.65. The second-order valence-corrected chi connectivity index (χ2v) is 3.18. The highest BCUT2D eigenvalue weighted by atomic mass is 79.9. The highest BCUT2D eigenvalue weighted by Gasteiger charge is 2.03. The van der Waals surface area contributed by atoms with Crippen LogP contribution in [0.3, 0.4) is 0 Å². The first-order valence-electron chi connectivity index (χ1n) is 4.32. The summed E-state index contributed by atoms with van der Waals surface area (Å²) in [4.78, 5) is 13.1. The van der Waals surface area contributed by atoms with Gasteiger partial charge in [-0.25, -0.2) is 4.79 Å². The molecular formula is C11H11BrO2. The van der Waals surface area contributed by atoms with E-state index >= 15 is 0 Å². The lowest BCUT2D eigenvalue weighted by Gasteiger charge is -2.01. The molecule has 0 saturated carbocycles. The van der Waals surface area contributed by atoms with Crippen LogP contribution in [0.1, 0.15) is 16.8 Å². The van der Waals surface area contributed by atoms with E-state index in [2.05, 4.69) is 15.9 Å². The van der Waals surface area contributed by atoms with E-state index in [4.69, 9.17) is 4.74 Å². The second kappa shape index (κ2) is 6.38. The first-order valence-corrected chi connectivity index (χ1v) is 5.23. The maximum atomic E-state index is 11.3. The predicted molar refractivity (Wildman–Crippen MR) is 59.4 cm³/mol. The van der Waals surface area contributed by atoms with E-state index in [1.807, 2.05) is 24.3 Å². The average molecular weight is 255 g/mol. The lowest BCUT2D eigenvalue weighted by molar-refractivity contribution is 0.0512. The minimum absolute atomic E-state index is 0.270. The molecule has 0 atom stereocenters. The third-order valence-electron chi connectivity index (χ3n) is 1.62. The van der Waals surface area contributed by atoms with Crippen LogP contribution in [0.2, 0.25) is 0 Å². The summed E-state index contributed by atoms with van der Waals surface area (Å²) in [6.07, 6.45) is 2.61. The van der Waals surface area contributed by atoms with Crippen LogP contribution in [0.25, 0.3) is 0 Å². The maximum Gasteiger partial charge on any atom is 0.338 e. The predicted octanol–water partition coefficient (Wildman–Crippen LogP) is 3.14. The van der Waals surface area contributed by atoms with Gasteiger partial charge in [0.25, 0.3) is 0 Å². The van der Waals surface area contributed by atoms with Crippen molar-refractivity contribution in [2.45, 2.75) is 6.42 Å². The summed E-state index contributed by atoms with van der Waals surface area (Å²) in [6, 6.07) is 8.97. The van der Waals surface area contributed by atoms with Crippen LogP contribution in [0, 0.1) is 0 Å². The van der Waals surface area contributed by atoms with Crippen LogP contribution in [0.15, 0.2) is 41.4 Å². The van der Waals surface area contributed by atoms with Crippen LogP contribution in [-0.2, 0) is 4.74 Å². The van der Waals surface area contributed by atoms with Crippen molar-refractivity contribution in [3.8, 4) is 0 Å². The van der Waals surface area contributed by atoms with Gasteiger partial charge in [0.1, 0.15) is 0 Å². The van der Waals surface area contributed by atoms with Crippen LogP contribution >= 0.6 is 15.9 Å². The van der Waals surface area contributed by atoms with Crippen molar-refractivity contribution in [2.75, 3.05) is 6.61 Å². The first kappa shape index (κ1) is 11.0. The van der Waals surface area contributed by atoms with Gasteiger partial charge in [0.2, 0.25) is 0 Å². The molecule has 1 aromatic rings. The zero-order valence-electron chi connectivity index (χ0n) is 7.65. The molecule has 3 heteroatoms. The molecule has 0 unspecified atom stereocenters. The topological polar surface area (TPSA) is 26.3 Å². The largest absolute Gasteiger partial charge is 0.462 e. The summed E-state index contributed by atoms with van der Waals surface area (Å²) in [5.41, 5.74) is 0.593. The summed E-state index contributed by atoms with van der Waals surface area (Å²) in [5, 5.41) is 0. The van der Waals surface area contributed by atoms with Gasteiger partial charge >= 0.3 is 5.97 Å². The highest BCUT2D eigenvalue weighted by molar-refractivity contribution is 9.11. The minimum atomic E-state index is -0.270. The molecule has 0 radical (unpaired) electrons. The van der Waals surface area contributed by atoms with Crippen molar-refractivity contribution in [3.63, 3.8) is 0 Å². The molecule has 1 rings (SSSR count). The summed E-state index contributed by atoms with van der Waals surface area (Å²) in [6.45, 7) is 0.413. The lowest BCUT2D eigenvalue weighted by atomic mass is 10.2. The van der Waals surface area contributed by atoms with Crippen molar-refractivity contribution in [1.82, 2.24) is 0 Å². The van der Waals surface area contributed by atoms with E-state index < -0.39 is 0 Å². The molecule has 0 heterocycles. The molecule has 0 spiro atoms. The van der Waals surface area contributed by atoms with Crippen LogP contribution in [0.4, 0.5) is 0 Å². The number of hydrogen-bond donors (Lipinski definition) is 0. The van der Waals surface area contributed by atoms with Crippen molar-refractivity contribution in [2.24, 2.45) is 0 Å². The fraction of sp³-hybridized carbons (Fsp3) is 0.182. The Morgan fingerprint density at radius 3 is 2.71 bits per heavy atom. The van der Waals surface area contributed by atoms with E-state index in [-0.39, 0.29) is 5.97 Å². The quantitative estimate of drug-likeness (QED) is 0.610. The van der Waals surface area contributed by atoms with Gasteiger partial charge in [-0.3, -0.25) is 0 Å². The molecule has 0 aliphatic rings. The molecule has 0 amide bonds. The monoisotopic (exact) mass is 254 g/mol. The fourth-order valence-corrected chi connectivity index (χ4v) is 1.20. The van der Waals surface area contributed by atoms with Crippen molar-refractivity contribution in [3.05, 3.63) is 47.0 Å². The van der Waals surface area contributed by atoms with E-state index in [0.717, 1.165) is 6.42 Å². The van der Waals surface area contributed by atoms with Crippen molar-refractivity contribution < 1.29 is 9.53 Å². The Morgan fingerprint density at radius 2 is 2.07 bits per heavy atom. The molecule has 1 aromatic carbocycles. The molecule has 0 N–H and O–H groups in total. The third-order valence-corrected chi connectivity index (χ3v) is 1.99.